The van der Waals surface area contributed by atoms with Crippen molar-refractivity contribution in [2.24, 2.45) is 0 Å². The summed E-state index contributed by atoms with van der Waals surface area (Å²) in [5.41, 5.74) is 2.58. The standard InChI is InChI=1S/C18H21N3O2/c1-13-12-21(8-7-20-13)18(22)16-9-15(10-19-11-16)14-3-5-17(23-2)6-4-14/h3-6,9-11,13,20H,7-8,12H2,1-2H3/t13-/m0/s1. The van der Waals surface area contributed by atoms with Gasteiger partial charge >= 0.3 is 0 Å². The second-order valence-electron chi connectivity index (χ2n) is 5.80. The second kappa shape index (κ2) is 6.79. The van der Waals surface area contributed by atoms with Crippen molar-refractivity contribution in [1.29, 1.82) is 0 Å². The van der Waals surface area contributed by atoms with E-state index in [1.54, 1.807) is 19.5 Å². The summed E-state index contributed by atoms with van der Waals surface area (Å²) in [6.45, 7) is 4.38. The van der Waals surface area contributed by atoms with Crippen LogP contribution in [-0.2, 0) is 0 Å². The first-order valence-electron chi connectivity index (χ1n) is 7.79. The van der Waals surface area contributed by atoms with Gasteiger partial charge in [-0.3, -0.25) is 9.78 Å². The first kappa shape index (κ1) is 15.5. The van der Waals surface area contributed by atoms with Gasteiger partial charge in [0.2, 0.25) is 0 Å². The molecule has 5 nitrogen and oxygen atoms in total. The van der Waals surface area contributed by atoms with E-state index in [1.807, 2.05) is 35.2 Å². The van der Waals surface area contributed by atoms with Crippen molar-refractivity contribution in [3.63, 3.8) is 0 Å². The summed E-state index contributed by atoms with van der Waals surface area (Å²) < 4.78 is 5.17. The predicted molar refractivity (Wildman–Crippen MR) is 89.6 cm³/mol. The number of piperazine rings is 1. The number of methoxy groups -OCH3 is 1. The third-order valence-corrected chi connectivity index (χ3v) is 4.06. The highest BCUT2D eigenvalue weighted by atomic mass is 16.5. The Bertz CT molecular complexity index is 685. The second-order valence-corrected chi connectivity index (χ2v) is 5.80. The highest BCUT2D eigenvalue weighted by molar-refractivity contribution is 5.95. The lowest BCUT2D eigenvalue weighted by Gasteiger charge is -2.31. The van der Waals surface area contributed by atoms with Crippen molar-refractivity contribution < 1.29 is 9.53 Å². The minimum absolute atomic E-state index is 0.0428. The van der Waals surface area contributed by atoms with Crippen LogP contribution in [0.2, 0.25) is 0 Å². The number of amides is 1. The van der Waals surface area contributed by atoms with Gasteiger partial charge in [0.05, 0.1) is 12.7 Å². The Morgan fingerprint density at radius 2 is 2.04 bits per heavy atom. The van der Waals surface area contributed by atoms with Gasteiger partial charge in [-0.2, -0.15) is 0 Å². The molecule has 1 aliphatic heterocycles. The first-order chi connectivity index (χ1) is 11.2. The number of nitrogens with zero attached hydrogens (tertiary/aromatic N) is 2. The molecule has 0 saturated carbocycles. The summed E-state index contributed by atoms with van der Waals surface area (Å²) >= 11 is 0. The van der Waals surface area contributed by atoms with Gasteiger partial charge in [0.1, 0.15) is 5.75 Å². The molecule has 1 aliphatic rings. The van der Waals surface area contributed by atoms with Gasteiger partial charge in [0, 0.05) is 43.6 Å². The lowest BCUT2D eigenvalue weighted by molar-refractivity contribution is 0.0708. The Labute approximate surface area is 136 Å². The molecule has 0 bridgehead atoms. The minimum atomic E-state index is 0.0428. The average Bonchev–Trinajstić information content (AvgIpc) is 2.61. The number of ether oxygens (including phenoxy) is 1. The molecule has 1 saturated heterocycles. The number of aromatic nitrogens is 1. The molecule has 0 radical (unpaired) electrons. The van der Waals surface area contributed by atoms with Crippen LogP contribution in [0.4, 0.5) is 0 Å². The van der Waals surface area contributed by atoms with Crippen molar-refractivity contribution in [3.8, 4) is 16.9 Å². The molecule has 1 N–H and O–H groups in total. The molecular weight excluding hydrogens is 290 g/mol. The number of hydrogen-bond acceptors (Lipinski definition) is 4. The van der Waals surface area contributed by atoms with E-state index >= 15 is 0 Å². The highest BCUT2D eigenvalue weighted by Gasteiger charge is 2.22. The number of benzene rings is 1. The SMILES string of the molecule is COc1ccc(-c2cncc(C(=O)N3CCN[C@@H](C)C3)c2)cc1. The molecule has 3 rings (SSSR count). The van der Waals surface area contributed by atoms with Crippen molar-refractivity contribution >= 4 is 5.91 Å². The van der Waals surface area contributed by atoms with Crippen LogP contribution in [0.25, 0.3) is 11.1 Å². The molecule has 0 spiro atoms. The lowest BCUT2D eigenvalue weighted by atomic mass is 10.1. The molecule has 23 heavy (non-hydrogen) atoms. The molecular formula is C18H21N3O2. The molecule has 1 fully saturated rings. The van der Waals surface area contributed by atoms with Crippen LogP contribution < -0.4 is 10.1 Å². The molecule has 0 aliphatic carbocycles. The Morgan fingerprint density at radius 1 is 1.26 bits per heavy atom. The maximum Gasteiger partial charge on any atom is 0.255 e. The van der Waals surface area contributed by atoms with Crippen LogP contribution in [-0.4, -0.2) is 48.6 Å². The smallest absolute Gasteiger partial charge is 0.255 e. The summed E-state index contributed by atoms with van der Waals surface area (Å²) in [6, 6.07) is 9.98. The number of carbonyl (C=O) groups excluding carboxylic acids is 1. The Morgan fingerprint density at radius 3 is 2.74 bits per heavy atom. The minimum Gasteiger partial charge on any atom is -0.497 e. The molecule has 1 aromatic heterocycles. The van der Waals surface area contributed by atoms with Gasteiger partial charge in [-0.25, -0.2) is 0 Å². The van der Waals surface area contributed by atoms with E-state index in [4.69, 9.17) is 4.74 Å². The van der Waals surface area contributed by atoms with Gasteiger partial charge in [0.25, 0.3) is 5.91 Å². The van der Waals surface area contributed by atoms with Crippen LogP contribution >= 0.6 is 0 Å². The molecule has 2 heterocycles. The third kappa shape index (κ3) is 3.51. The van der Waals surface area contributed by atoms with E-state index < -0.39 is 0 Å². The van der Waals surface area contributed by atoms with E-state index in [0.29, 0.717) is 11.6 Å². The zero-order valence-electron chi connectivity index (χ0n) is 13.5. The van der Waals surface area contributed by atoms with Crippen LogP contribution in [0.1, 0.15) is 17.3 Å². The van der Waals surface area contributed by atoms with E-state index in [-0.39, 0.29) is 5.91 Å². The van der Waals surface area contributed by atoms with Gasteiger partial charge < -0.3 is 15.0 Å². The van der Waals surface area contributed by atoms with Gasteiger partial charge in [-0.1, -0.05) is 12.1 Å². The molecule has 5 heteroatoms. The predicted octanol–water partition coefficient (Wildman–Crippen LogP) is 2.19. The summed E-state index contributed by atoms with van der Waals surface area (Å²) in [5.74, 6) is 0.852. The van der Waals surface area contributed by atoms with Gasteiger partial charge in [-0.05, 0) is 30.7 Å². The number of pyridine rings is 1. The molecule has 1 amide bonds. The van der Waals surface area contributed by atoms with E-state index in [0.717, 1.165) is 36.5 Å². The number of carbonyl (C=O) groups is 1. The van der Waals surface area contributed by atoms with Crippen LogP contribution in [0.3, 0.4) is 0 Å². The Hall–Kier alpha value is -2.40. The molecule has 2 aromatic rings. The number of hydrogen-bond donors (Lipinski definition) is 1. The maximum absolute atomic E-state index is 12.7. The normalized spacial score (nSPS) is 17.8. The van der Waals surface area contributed by atoms with Crippen molar-refractivity contribution in [2.45, 2.75) is 13.0 Å². The Balaban J connectivity index is 1.82. The van der Waals surface area contributed by atoms with E-state index in [2.05, 4.69) is 17.2 Å². The largest absolute Gasteiger partial charge is 0.497 e. The lowest BCUT2D eigenvalue weighted by Crippen LogP contribution is -2.51. The van der Waals surface area contributed by atoms with Gasteiger partial charge in [0.15, 0.2) is 0 Å². The summed E-state index contributed by atoms with van der Waals surface area (Å²) in [6.07, 6.45) is 3.42. The topological polar surface area (TPSA) is 54.5 Å². The van der Waals surface area contributed by atoms with Crippen molar-refractivity contribution in [3.05, 3.63) is 48.3 Å². The summed E-state index contributed by atoms with van der Waals surface area (Å²) in [7, 11) is 1.64. The fourth-order valence-electron chi connectivity index (χ4n) is 2.80. The molecule has 1 aromatic carbocycles. The van der Waals surface area contributed by atoms with Crippen LogP contribution in [0.15, 0.2) is 42.7 Å². The van der Waals surface area contributed by atoms with Crippen LogP contribution in [0.5, 0.6) is 5.75 Å². The zero-order valence-corrected chi connectivity index (χ0v) is 13.5. The zero-order chi connectivity index (χ0) is 16.2. The van der Waals surface area contributed by atoms with Crippen LogP contribution in [0, 0.1) is 0 Å². The van der Waals surface area contributed by atoms with Crippen molar-refractivity contribution in [2.75, 3.05) is 26.7 Å². The maximum atomic E-state index is 12.7. The highest BCUT2D eigenvalue weighted by Crippen LogP contribution is 2.23. The van der Waals surface area contributed by atoms with Gasteiger partial charge in [-0.15, -0.1) is 0 Å². The Kier molecular flexibility index (Phi) is 4.57. The number of nitrogens with one attached hydrogen (secondary N) is 1. The number of rotatable bonds is 3. The fraction of sp³-hybridized carbons (Fsp3) is 0.333. The molecule has 120 valence electrons. The first-order valence-corrected chi connectivity index (χ1v) is 7.79. The van der Waals surface area contributed by atoms with Crippen molar-refractivity contribution in [1.82, 2.24) is 15.2 Å². The molecule has 1 atom stereocenters. The third-order valence-electron chi connectivity index (χ3n) is 4.06. The quantitative estimate of drug-likeness (QED) is 0.944. The van der Waals surface area contributed by atoms with E-state index in [9.17, 15) is 4.79 Å². The average molecular weight is 311 g/mol. The van der Waals surface area contributed by atoms with E-state index in [1.165, 1.54) is 0 Å². The summed E-state index contributed by atoms with van der Waals surface area (Å²) in [5, 5.41) is 3.34. The fourth-order valence-corrected chi connectivity index (χ4v) is 2.80. The molecule has 0 unspecified atom stereocenters. The monoisotopic (exact) mass is 311 g/mol. The summed E-state index contributed by atoms with van der Waals surface area (Å²) in [4.78, 5) is 18.8.